The Kier molecular flexibility index (Phi) is 7.15. The fourth-order valence-electron chi connectivity index (χ4n) is 3.68. The van der Waals surface area contributed by atoms with E-state index in [0.717, 1.165) is 16.8 Å². The topological polar surface area (TPSA) is 111 Å². The summed E-state index contributed by atoms with van der Waals surface area (Å²) in [4.78, 5) is 43.4. The van der Waals surface area contributed by atoms with E-state index in [9.17, 15) is 14.7 Å². The minimum atomic E-state index is -0.269. The normalized spacial score (nSPS) is 11.1. The predicted molar refractivity (Wildman–Crippen MR) is 140 cm³/mol. The number of benzene rings is 2. The molecule has 0 aliphatic rings. The van der Waals surface area contributed by atoms with Crippen LogP contribution in [0.25, 0.3) is 22.4 Å². The summed E-state index contributed by atoms with van der Waals surface area (Å²) in [6.07, 6.45) is 3.79. The minimum Gasteiger partial charge on any atom is -0.508 e. The number of thioether (sulfide) groups is 1. The maximum absolute atomic E-state index is 13.2. The van der Waals surface area contributed by atoms with E-state index >= 15 is 0 Å². The number of aromatic hydroxyl groups is 1. The van der Waals surface area contributed by atoms with Crippen LogP contribution in [0.4, 0.5) is 0 Å². The standard InChI is InChI=1S/C26H21N5O3S2/c32-19-8-4-7-18(13-19)21-16-35-22(29-21)14-20(33)15-36-26-30-24-23(27-10-11-28-24)25(34)31(26)12-9-17-5-2-1-3-6-17/h1-8,10-11,13,16,32H,9,12,14-15H2. The van der Waals surface area contributed by atoms with Gasteiger partial charge in [-0.3, -0.25) is 14.2 Å². The summed E-state index contributed by atoms with van der Waals surface area (Å²) in [5.41, 5.74) is 2.82. The lowest BCUT2D eigenvalue weighted by Crippen LogP contribution is -2.25. The summed E-state index contributed by atoms with van der Waals surface area (Å²) in [6, 6.07) is 16.7. The average molecular weight is 516 g/mol. The van der Waals surface area contributed by atoms with Crippen molar-refractivity contribution in [3.63, 3.8) is 0 Å². The third-order valence-electron chi connectivity index (χ3n) is 5.43. The highest BCUT2D eigenvalue weighted by atomic mass is 32.2. The first kappa shape index (κ1) is 23.8. The molecule has 10 heteroatoms. The molecule has 0 saturated heterocycles. The Morgan fingerprint density at radius 3 is 2.69 bits per heavy atom. The lowest BCUT2D eigenvalue weighted by Gasteiger charge is -2.12. The number of carbonyl (C=O) groups is 1. The molecule has 3 aromatic heterocycles. The van der Waals surface area contributed by atoms with E-state index in [4.69, 9.17) is 0 Å². The van der Waals surface area contributed by atoms with Gasteiger partial charge in [0.25, 0.3) is 5.56 Å². The van der Waals surface area contributed by atoms with Crippen molar-refractivity contribution in [2.45, 2.75) is 24.5 Å². The van der Waals surface area contributed by atoms with Gasteiger partial charge >= 0.3 is 0 Å². The smallest absolute Gasteiger partial charge is 0.282 e. The highest BCUT2D eigenvalue weighted by Gasteiger charge is 2.16. The van der Waals surface area contributed by atoms with Crippen molar-refractivity contribution in [3.8, 4) is 17.0 Å². The Balaban J connectivity index is 1.31. The summed E-state index contributed by atoms with van der Waals surface area (Å²) in [6.45, 7) is 0.415. The fourth-order valence-corrected chi connectivity index (χ4v) is 5.38. The van der Waals surface area contributed by atoms with Gasteiger partial charge in [-0.2, -0.15) is 0 Å². The summed E-state index contributed by atoms with van der Waals surface area (Å²) >= 11 is 2.62. The van der Waals surface area contributed by atoms with Crippen molar-refractivity contribution in [2.75, 3.05) is 5.75 Å². The summed E-state index contributed by atoms with van der Waals surface area (Å²) in [5, 5.41) is 12.7. The van der Waals surface area contributed by atoms with Crippen LogP contribution in [0.5, 0.6) is 5.75 Å². The molecule has 1 N–H and O–H groups in total. The van der Waals surface area contributed by atoms with Crippen molar-refractivity contribution in [2.24, 2.45) is 0 Å². The Bertz CT molecular complexity index is 1580. The first-order chi connectivity index (χ1) is 17.6. The highest BCUT2D eigenvalue weighted by Crippen LogP contribution is 2.25. The van der Waals surface area contributed by atoms with Gasteiger partial charge in [0.05, 0.1) is 17.9 Å². The lowest BCUT2D eigenvalue weighted by atomic mass is 10.1. The second kappa shape index (κ2) is 10.8. The third-order valence-corrected chi connectivity index (χ3v) is 7.32. The van der Waals surface area contributed by atoms with Gasteiger partial charge in [0.2, 0.25) is 0 Å². The molecule has 8 nitrogen and oxygen atoms in total. The molecule has 3 heterocycles. The van der Waals surface area contributed by atoms with Gasteiger partial charge in [-0.1, -0.05) is 54.2 Å². The monoisotopic (exact) mass is 515 g/mol. The molecular formula is C26H21N5O3S2. The minimum absolute atomic E-state index is 0.0279. The number of hydrogen-bond acceptors (Lipinski definition) is 9. The number of carbonyl (C=O) groups excluding carboxylic acids is 1. The first-order valence-electron chi connectivity index (χ1n) is 11.2. The molecule has 0 bridgehead atoms. The van der Waals surface area contributed by atoms with Crippen molar-refractivity contribution in [1.29, 1.82) is 0 Å². The van der Waals surface area contributed by atoms with Crippen LogP contribution in [0, 0.1) is 0 Å². The number of fused-ring (bicyclic) bond motifs is 1. The molecular weight excluding hydrogens is 494 g/mol. The average Bonchev–Trinajstić information content (AvgIpc) is 3.36. The molecule has 0 atom stereocenters. The van der Waals surface area contributed by atoms with Crippen LogP contribution in [0.15, 0.2) is 82.3 Å². The summed E-state index contributed by atoms with van der Waals surface area (Å²) in [5.74, 6) is 0.283. The van der Waals surface area contributed by atoms with Crippen LogP contribution < -0.4 is 5.56 Å². The summed E-state index contributed by atoms with van der Waals surface area (Å²) in [7, 11) is 0. The van der Waals surface area contributed by atoms with Gasteiger partial charge in [0.15, 0.2) is 16.3 Å². The molecule has 0 spiro atoms. The number of Topliss-reactive ketones (excluding diaryl/α,β-unsaturated/α-hetero) is 1. The Morgan fingerprint density at radius 2 is 1.86 bits per heavy atom. The van der Waals surface area contributed by atoms with Crippen molar-refractivity contribution >= 4 is 40.0 Å². The Morgan fingerprint density at radius 1 is 1.03 bits per heavy atom. The predicted octanol–water partition coefficient (Wildman–Crippen LogP) is 4.16. The highest BCUT2D eigenvalue weighted by molar-refractivity contribution is 7.99. The molecule has 0 radical (unpaired) electrons. The van der Waals surface area contributed by atoms with Gasteiger partial charge in [-0.25, -0.2) is 19.9 Å². The Labute approximate surface area is 214 Å². The quantitative estimate of drug-likeness (QED) is 0.230. The largest absolute Gasteiger partial charge is 0.508 e. The zero-order valence-electron chi connectivity index (χ0n) is 19.1. The number of nitrogens with zero attached hydrogens (tertiary/aromatic N) is 5. The van der Waals surface area contributed by atoms with E-state index in [-0.39, 0.29) is 40.4 Å². The van der Waals surface area contributed by atoms with Crippen LogP contribution in [-0.2, 0) is 24.2 Å². The number of ketones is 1. The molecule has 0 aliphatic heterocycles. The van der Waals surface area contributed by atoms with E-state index in [1.807, 2.05) is 41.8 Å². The van der Waals surface area contributed by atoms with Crippen molar-refractivity contribution < 1.29 is 9.90 Å². The lowest BCUT2D eigenvalue weighted by molar-refractivity contribution is -0.116. The molecule has 36 heavy (non-hydrogen) atoms. The molecule has 5 rings (SSSR count). The van der Waals surface area contributed by atoms with Crippen LogP contribution in [0.1, 0.15) is 10.6 Å². The van der Waals surface area contributed by atoms with Crippen LogP contribution in [0.2, 0.25) is 0 Å². The van der Waals surface area contributed by atoms with Crippen LogP contribution in [0.3, 0.4) is 0 Å². The second-order valence-corrected chi connectivity index (χ2v) is 9.88. The molecule has 0 saturated carbocycles. The molecule has 2 aromatic carbocycles. The molecule has 0 amide bonds. The fraction of sp³-hybridized carbons (Fsp3) is 0.154. The van der Waals surface area contributed by atoms with E-state index in [0.29, 0.717) is 23.1 Å². The van der Waals surface area contributed by atoms with Crippen LogP contribution >= 0.6 is 23.1 Å². The van der Waals surface area contributed by atoms with Crippen molar-refractivity contribution in [1.82, 2.24) is 24.5 Å². The molecule has 0 aliphatic carbocycles. The molecule has 5 aromatic rings. The van der Waals surface area contributed by atoms with E-state index in [1.54, 1.807) is 22.8 Å². The molecule has 0 fully saturated rings. The van der Waals surface area contributed by atoms with Gasteiger partial charge < -0.3 is 5.11 Å². The van der Waals surface area contributed by atoms with Crippen molar-refractivity contribution in [3.05, 3.63) is 93.3 Å². The Hall–Kier alpha value is -3.89. The molecule has 0 unspecified atom stereocenters. The maximum Gasteiger partial charge on any atom is 0.282 e. The van der Waals surface area contributed by atoms with Crippen LogP contribution in [-0.4, -0.2) is 41.1 Å². The SMILES string of the molecule is O=C(CSc1nc2nccnc2c(=O)n1CCc1ccccc1)Cc1nc(-c2cccc(O)c2)cs1. The second-order valence-electron chi connectivity index (χ2n) is 8.00. The van der Waals surface area contributed by atoms with Gasteiger partial charge in [0, 0.05) is 29.9 Å². The number of aryl methyl sites for hydroxylation is 1. The summed E-state index contributed by atoms with van der Waals surface area (Å²) < 4.78 is 1.57. The number of phenolic OH excluding ortho intramolecular Hbond substituents is 1. The number of phenols is 1. The van der Waals surface area contributed by atoms with E-state index < -0.39 is 0 Å². The zero-order chi connectivity index (χ0) is 24.9. The number of thiazole rings is 1. The van der Waals surface area contributed by atoms with E-state index in [1.165, 1.54) is 35.5 Å². The first-order valence-corrected chi connectivity index (χ1v) is 13.1. The third kappa shape index (κ3) is 5.50. The molecule has 180 valence electrons. The van der Waals surface area contributed by atoms with Gasteiger partial charge in [-0.15, -0.1) is 11.3 Å². The number of aromatic nitrogens is 5. The number of rotatable bonds is 9. The number of hydrogen-bond donors (Lipinski definition) is 1. The zero-order valence-corrected chi connectivity index (χ0v) is 20.7. The maximum atomic E-state index is 13.2. The van der Waals surface area contributed by atoms with Gasteiger partial charge in [-0.05, 0) is 24.1 Å². The van der Waals surface area contributed by atoms with Gasteiger partial charge in [0.1, 0.15) is 16.5 Å². The van der Waals surface area contributed by atoms with E-state index in [2.05, 4.69) is 19.9 Å².